The third-order valence-electron chi connectivity index (χ3n) is 4.69. The lowest BCUT2D eigenvalue weighted by Crippen LogP contribution is -2.33. The maximum Gasteiger partial charge on any atom is 0.253 e. The van der Waals surface area contributed by atoms with Crippen molar-refractivity contribution in [1.82, 2.24) is 9.80 Å². The molecule has 1 unspecified atom stereocenters. The molecule has 2 aliphatic rings. The Morgan fingerprint density at radius 2 is 2.33 bits per heavy atom. The second-order valence-electron chi connectivity index (χ2n) is 6.46. The maximum atomic E-state index is 12.8. The summed E-state index contributed by atoms with van der Waals surface area (Å²) in [6.07, 6.45) is 3.31. The van der Waals surface area contributed by atoms with E-state index in [4.69, 9.17) is 0 Å². The fourth-order valence-corrected chi connectivity index (χ4v) is 3.56. The van der Waals surface area contributed by atoms with Crippen LogP contribution in [0.3, 0.4) is 0 Å². The predicted molar refractivity (Wildman–Crippen MR) is 85.8 cm³/mol. The Labute approximate surface area is 127 Å². The van der Waals surface area contributed by atoms with Crippen molar-refractivity contribution in [3.8, 4) is 0 Å². The van der Waals surface area contributed by atoms with Crippen LogP contribution in [-0.4, -0.2) is 56.0 Å². The van der Waals surface area contributed by atoms with Crippen molar-refractivity contribution in [1.29, 1.82) is 0 Å². The lowest BCUT2D eigenvalue weighted by Gasteiger charge is -2.25. The number of hydrogen-bond donors (Lipinski definition) is 1. The van der Waals surface area contributed by atoms with Crippen molar-refractivity contribution < 1.29 is 4.79 Å². The zero-order valence-corrected chi connectivity index (χ0v) is 13.1. The normalized spacial score (nSPS) is 21.7. The molecule has 21 heavy (non-hydrogen) atoms. The van der Waals surface area contributed by atoms with Crippen LogP contribution in [0.15, 0.2) is 18.2 Å². The first-order chi connectivity index (χ1) is 10.1. The van der Waals surface area contributed by atoms with Crippen LogP contribution in [0.1, 0.15) is 28.8 Å². The Hall–Kier alpha value is -1.55. The van der Waals surface area contributed by atoms with Crippen LogP contribution >= 0.6 is 0 Å². The van der Waals surface area contributed by atoms with Gasteiger partial charge in [-0.25, -0.2) is 0 Å². The van der Waals surface area contributed by atoms with Crippen molar-refractivity contribution in [2.24, 2.45) is 5.92 Å². The van der Waals surface area contributed by atoms with Crippen molar-refractivity contribution in [3.05, 3.63) is 29.3 Å². The van der Waals surface area contributed by atoms with Gasteiger partial charge < -0.3 is 15.1 Å². The topological polar surface area (TPSA) is 35.6 Å². The summed E-state index contributed by atoms with van der Waals surface area (Å²) in [6.45, 7) is 4.12. The summed E-state index contributed by atoms with van der Waals surface area (Å²) in [5.41, 5.74) is 3.22. The average Bonchev–Trinajstić information content (AvgIpc) is 2.91. The van der Waals surface area contributed by atoms with Gasteiger partial charge in [-0.1, -0.05) is 6.07 Å². The van der Waals surface area contributed by atoms with E-state index >= 15 is 0 Å². The fraction of sp³-hybridized carbons (Fsp3) is 0.588. The molecule has 4 nitrogen and oxygen atoms in total. The van der Waals surface area contributed by atoms with Crippen LogP contribution in [-0.2, 0) is 6.42 Å². The van der Waals surface area contributed by atoms with Crippen LogP contribution in [0.2, 0.25) is 0 Å². The van der Waals surface area contributed by atoms with E-state index in [0.29, 0.717) is 5.92 Å². The molecule has 3 rings (SSSR count). The van der Waals surface area contributed by atoms with E-state index in [1.54, 1.807) is 0 Å². The first-order valence-electron chi connectivity index (χ1n) is 7.95. The molecule has 4 heteroatoms. The minimum atomic E-state index is 0.171. The Bertz CT molecular complexity index is 529. The molecule has 1 N–H and O–H groups in total. The van der Waals surface area contributed by atoms with Gasteiger partial charge >= 0.3 is 0 Å². The average molecular weight is 287 g/mol. The third kappa shape index (κ3) is 3.05. The molecular weight excluding hydrogens is 262 g/mol. The summed E-state index contributed by atoms with van der Waals surface area (Å²) in [5, 5.41) is 3.40. The molecule has 114 valence electrons. The standard InChI is InChI=1S/C17H25N3O/c1-19-10-8-13(11-19)12-20(2)17(21)15-5-3-7-16-14(15)6-4-9-18-16/h3,5,7,13,18H,4,6,8-12H2,1-2H3. The van der Waals surface area contributed by atoms with Crippen molar-refractivity contribution in [3.63, 3.8) is 0 Å². The highest BCUT2D eigenvalue weighted by molar-refractivity contribution is 5.97. The lowest BCUT2D eigenvalue weighted by molar-refractivity contribution is 0.0773. The fourth-order valence-electron chi connectivity index (χ4n) is 3.56. The zero-order chi connectivity index (χ0) is 14.8. The van der Waals surface area contributed by atoms with Crippen LogP contribution < -0.4 is 5.32 Å². The number of amides is 1. The molecule has 0 radical (unpaired) electrons. The minimum Gasteiger partial charge on any atom is -0.385 e. The highest BCUT2D eigenvalue weighted by Gasteiger charge is 2.25. The summed E-state index contributed by atoms with van der Waals surface area (Å²) in [6, 6.07) is 6.05. The summed E-state index contributed by atoms with van der Waals surface area (Å²) in [5.74, 6) is 0.784. The van der Waals surface area contributed by atoms with Gasteiger partial charge in [0.2, 0.25) is 0 Å². The Kier molecular flexibility index (Phi) is 4.15. The molecule has 2 aliphatic heterocycles. The quantitative estimate of drug-likeness (QED) is 0.924. The Morgan fingerprint density at radius 1 is 1.48 bits per heavy atom. The van der Waals surface area contributed by atoms with Gasteiger partial charge in [-0.05, 0) is 56.5 Å². The second-order valence-corrected chi connectivity index (χ2v) is 6.46. The molecule has 0 saturated carbocycles. The molecular formula is C17H25N3O. The van der Waals surface area contributed by atoms with Crippen LogP contribution in [0.5, 0.6) is 0 Å². The summed E-state index contributed by atoms with van der Waals surface area (Å²) >= 11 is 0. The lowest BCUT2D eigenvalue weighted by atomic mass is 9.96. The zero-order valence-electron chi connectivity index (χ0n) is 13.1. The highest BCUT2D eigenvalue weighted by Crippen LogP contribution is 2.26. The van der Waals surface area contributed by atoms with E-state index in [-0.39, 0.29) is 5.91 Å². The second kappa shape index (κ2) is 6.06. The van der Waals surface area contributed by atoms with Crippen LogP contribution in [0, 0.1) is 5.92 Å². The number of anilines is 1. The molecule has 1 saturated heterocycles. The molecule has 0 aliphatic carbocycles. The van der Waals surface area contributed by atoms with E-state index in [1.165, 1.54) is 12.0 Å². The SMILES string of the molecule is CN1CCC(CN(C)C(=O)c2cccc3c2CCCN3)C1. The number of carbonyl (C=O) groups excluding carboxylic acids is 1. The maximum absolute atomic E-state index is 12.8. The molecule has 1 aromatic rings. The number of nitrogens with one attached hydrogen (secondary N) is 1. The van der Waals surface area contributed by atoms with Crippen molar-refractivity contribution >= 4 is 11.6 Å². The summed E-state index contributed by atoms with van der Waals surface area (Å²) < 4.78 is 0. The van der Waals surface area contributed by atoms with E-state index in [0.717, 1.165) is 50.3 Å². The van der Waals surface area contributed by atoms with Gasteiger partial charge in [-0.2, -0.15) is 0 Å². The highest BCUT2D eigenvalue weighted by atomic mass is 16.2. The van der Waals surface area contributed by atoms with E-state index in [2.05, 4.69) is 23.3 Å². The van der Waals surface area contributed by atoms with Crippen LogP contribution in [0.25, 0.3) is 0 Å². The molecule has 1 atom stereocenters. The van der Waals surface area contributed by atoms with Gasteiger partial charge in [-0.15, -0.1) is 0 Å². The number of carbonyl (C=O) groups is 1. The molecule has 2 heterocycles. The number of benzene rings is 1. The summed E-state index contributed by atoms with van der Waals surface area (Å²) in [4.78, 5) is 17.0. The number of hydrogen-bond acceptors (Lipinski definition) is 3. The van der Waals surface area contributed by atoms with Gasteiger partial charge in [-0.3, -0.25) is 4.79 Å². The molecule has 1 fully saturated rings. The Morgan fingerprint density at radius 3 is 3.10 bits per heavy atom. The van der Waals surface area contributed by atoms with Crippen LogP contribution in [0.4, 0.5) is 5.69 Å². The van der Waals surface area contributed by atoms with Gasteiger partial charge in [0.05, 0.1) is 0 Å². The van der Waals surface area contributed by atoms with Crippen molar-refractivity contribution in [2.45, 2.75) is 19.3 Å². The monoisotopic (exact) mass is 287 g/mol. The number of nitrogens with zero attached hydrogens (tertiary/aromatic N) is 2. The largest absolute Gasteiger partial charge is 0.385 e. The number of likely N-dealkylation sites (tertiary alicyclic amines) is 1. The number of rotatable bonds is 3. The van der Waals surface area contributed by atoms with E-state index < -0.39 is 0 Å². The third-order valence-corrected chi connectivity index (χ3v) is 4.69. The first-order valence-corrected chi connectivity index (χ1v) is 7.95. The molecule has 0 aromatic heterocycles. The Balaban J connectivity index is 1.72. The van der Waals surface area contributed by atoms with Gasteiger partial charge in [0.25, 0.3) is 5.91 Å². The smallest absolute Gasteiger partial charge is 0.253 e. The minimum absolute atomic E-state index is 0.171. The molecule has 1 aromatic carbocycles. The van der Waals surface area contributed by atoms with Crippen molar-refractivity contribution in [2.75, 3.05) is 45.6 Å². The first kappa shape index (κ1) is 14.4. The number of fused-ring (bicyclic) bond motifs is 1. The summed E-state index contributed by atoms with van der Waals surface area (Å²) in [7, 11) is 4.09. The van der Waals surface area contributed by atoms with E-state index in [1.807, 2.05) is 24.1 Å². The molecule has 0 spiro atoms. The van der Waals surface area contributed by atoms with Gasteiger partial charge in [0.1, 0.15) is 0 Å². The van der Waals surface area contributed by atoms with E-state index in [9.17, 15) is 4.79 Å². The molecule has 0 bridgehead atoms. The molecule has 1 amide bonds. The predicted octanol–water partition coefficient (Wildman–Crippen LogP) is 2.07. The van der Waals surface area contributed by atoms with Gasteiger partial charge in [0.15, 0.2) is 0 Å². The van der Waals surface area contributed by atoms with Gasteiger partial charge in [0, 0.05) is 37.9 Å².